The third-order valence-corrected chi connectivity index (χ3v) is 3.29. The number of nitrogens with two attached hydrogens (primary N) is 1. The lowest BCUT2D eigenvalue weighted by Crippen LogP contribution is -2.21. The SMILES string of the molecule is CC(N)c1cc(F)ccc1N(CCC#N)c1ccccc1. The Morgan fingerprint density at radius 2 is 1.95 bits per heavy atom. The van der Waals surface area contributed by atoms with Crippen LogP contribution in [0.2, 0.25) is 0 Å². The molecule has 0 aliphatic carbocycles. The van der Waals surface area contributed by atoms with Crippen LogP contribution in [0, 0.1) is 17.1 Å². The third-order valence-electron chi connectivity index (χ3n) is 3.29. The summed E-state index contributed by atoms with van der Waals surface area (Å²) in [6, 6.07) is 16.2. The van der Waals surface area contributed by atoms with Gasteiger partial charge in [-0.2, -0.15) is 5.26 Å². The maximum atomic E-state index is 13.5. The summed E-state index contributed by atoms with van der Waals surface area (Å²) in [5.41, 5.74) is 8.50. The number of anilines is 2. The second kappa shape index (κ2) is 6.87. The molecule has 0 aromatic heterocycles. The van der Waals surface area contributed by atoms with Crippen molar-refractivity contribution in [2.75, 3.05) is 11.4 Å². The van der Waals surface area contributed by atoms with Gasteiger partial charge in [0.2, 0.25) is 0 Å². The van der Waals surface area contributed by atoms with E-state index in [0.29, 0.717) is 13.0 Å². The van der Waals surface area contributed by atoms with Crippen LogP contribution in [0.5, 0.6) is 0 Å². The largest absolute Gasteiger partial charge is 0.340 e. The van der Waals surface area contributed by atoms with Gasteiger partial charge >= 0.3 is 0 Å². The zero-order valence-corrected chi connectivity index (χ0v) is 12.0. The van der Waals surface area contributed by atoms with Gasteiger partial charge in [-0.25, -0.2) is 4.39 Å². The number of hydrogen-bond donors (Lipinski definition) is 1. The number of para-hydroxylation sites is 1. The number of nitriles is 1. The molecule has 0 amide bonds. The minimum Gasteiger partial charge on any atom is -0.340 e. The molecule has 0 aliphatic rings. The Morgan fingerprint density at radius 1 is 1.24 bits per heavy atom. The van der Waals surface area contributed by atoms with Gasteiger partial charge in [0, 0.05) is 24.0 Å². The van der Waals surface area contributed by atoms with Crippen molar-refractivity contribution in [3.63, 3.8) is 0 Å². The van der Waals surface area contributed by atoms with Crippen molar-refractivity contribution in [1.29, 1.82) is 5.26 Å². The maximum Gasteiger partial charge on any atom is 0.123 e. The van der Waals surface area contributed by atoms with E-state index in [2.05, 4.69) is 6.07 Å². The minimum atomic E-state index is -0.306. The molecule has 0 bridgehead atoms. The van der Waals surface area contributed by atoms with Crippen molar-refractivity contribution >= 4 is 11.4 Å². The Kier molecular flexibility index (Phi) is 4.91. The van der Waals surface area contributed by atoms with E-state index in [0.717, 1.165) is 16.9 Å². The van der Waals surface area contributed by atoms with Crippen LogP contribution in [0.15, 0.2) is 48.5 Å². The monoisotopic (exact) mass is 283 g/mol. The van der Waals surface area contributed by atoms with Gasteiger partial charge in [0.25, 0.3) is 0 Å². The van der Waals surface area contributed by atoms with E-state index >= 15 is 0 Å². The lowest BCUT2D eigenvalue weighted by Gasteiger charge is -2.27. The van der Waals surface area contributed by atoms with Crippen LogP contribution < -0.4 is 10.6 Å². The summed E-state index contributed by atoms with van der Waals surface area (Å²) in [4.78, 5) is 2.00. The minimum absolute atomic E-state index is 0.288. The number of halogens is 1. The highest BCUT2D eigenvalue weighted by atomic mass is 19.1. The smallest absolute Gasteiger partial charge is 0.123 e. The molecule has 0 aliphatic heterocycles. The van der Waals surface area contributed by atoms with E-state index in [4.69, 9.17) is 11.0 Å². The molecule has 0 saturated heterocycles. The fraction of sp³-hybridized carbons (Fsp3) is 0.235. The lowest BCUT2D eigenvalue weighted by molar-refractivity contribution is 0.622. The van der Waals surface area contributed by atoms with Crippen molar-refractivity contribution in [1.82, 2.24) is 0 Å². The van der Waals surface area contributed by atoms with Gasteiger partial charge in [0.15, 0.2) is 0 Å². The molecular weight excluding hydrogens is 265 g/mol. The van der Waals surface area contributed by atoms with Gasteiger partial charge in [-0.1, -0.05) is 18.2 Å². The van der Waals surface area contributed by atoms with Gasteiger partial charge in [0.05, 0.1) is 12.5 Å². The third kappa shape index (κ3) is 3.59. The Labute approximate surface area is 124 Å². The predicted octanol–water partition coefficient (Wildman–Crippen LogP) is 3.90. The summed E-state index contributed by atoms with van der Waals surface area (Å²) in [6.07, 6.45) is 0.380. The highest BCUT2D eigenvalue weighted by Gasteiger charge is 2.16. The maximum absolute atomic E-state index is 13.5. The van der Waals surface area contributed by atoms with Crippen LogP contribution in [0.25, 0.3) is 0 Å². The highest BCUT2D eigenvalue weighted by molar-refractivity contribution is 5.67. The molecular formula is C17H18FN3. The molecule has 2 aromatic carbocycles. The quantitative estimate of drug-likeness (QED) is 0.905. The fourth-order valence-electron chi connectivity index (χ4n) is 2.29. The summed E-state index contributed by atoms with van der Waals surface area (Å²) in [5, 5.41) is 8.87. The molecule has 2 rings (SSSR count). The van der Waals surface area contributed by atoms with E-state index in [9.17, 15) is 4.39 Å². The summed E-state index contributed by atoms with van der Waals surface area (Å²) < 4.78 is 13.5. The van der Waals surface area contributed by atoms with Crippen molar-refractivity contribution in [2.45, 2.75) is 19.4 Å². The molecule has 21 heavy (non-hydrogen) atoms. The van der Waals surface area contributed by atoms with E-state index in [1.807, 2.05) is 42.2 Å². The van der Waals surface area contributed by atoms with Crippen molar-refractivity contribution in [3.05, 3.63) is 59.9 Å². The standard InChI is InChI=1S/C17H18FN3/c1-13(20)16-12-14(18)8-9-17(16)21(11-5-10-19)15-6-3-2-4-7-15/h2-4,6-9,12-13H,5,11,20H2,1H3. The molecule has 3 nitrogen and oxygen atoms in total. The van der Waals surface area contributed by atoms with E-state index in [-0.39, 0.29) is 11.9 Å². The summed E-state index contributed by atoms with van der Waals surface area (Å²) in [7, 11) is 0. The average molecular weight is 283 g/mol. The Bertz CT molecular complexity index is 632. The van der Waals surface area contributed by atoms with Crippen LogP contribution in [0.4, 0.5) is 15.8 Å². The first-order chi connectivity index (χ1) is 10.1. The average Bonchev–Trinajstić information content (AvgIpc) is 2.49. The zero-order chi connectivity index (χ0) is 15.2. The summed E-state index contributed by atoms with van der Waals surface area (Å²) in [6.45, 7) is 2.36. The highest BCUT2D eigenvalue weighted by Crippen LogP contribution is 2.32. The number of hydrogen-bond acceptors (Lipinski definition) is 3. The lowest BCUT2D eigenvalue weighted by atomic mass is 10.0. The number of nitrogens with zero attached hydrogens (tertiary/aromatic N) is 2. The first kappa shape index (κ1) is 15.0. The molecule has 2 N–H and O–H groups in total. The number of rotatable bonds is 5. The molecule has 2 aromatic rings. The second-order valence-corrected chi connectivity index (χ2v) is 4.89. The van der Waals surface area contributed by atoms with Gasteiger partial charge < -0.3 is 10.6 Å². The summed E-state index contributed by atoms with van der Waals surface area (Å²) in [5.74, 6) is -0.306. The summed E-state index contributed by atoms with van der Waals surface area (Å²) >= 11 is 0. The van der Waals surface area contributed by atoms with Crippen molar-refractivity contribution < 1.29 is 4.39 Å². The van der Waals surface area contributed by atoms with E-state index in [1.54, 1.807) is 6.07 Å². The predicted molar refractivity (Wildman–Crippen MR) is 82.7 cm³/mol. The van der Waals surface area contributed by atoms with Crippen LogP contribution in [0.1, 0.15) is 24.9 Å². The molecule has 0 radical (unpaired) electrons. The molecule has 1 unspecified atom stereocenters. The van der Waals surface area contributed by atoms with Gasteiger partial charge in [0.1, 0.15) is 5.82 Å². The Morgan fingerprint density at radius 3 is 2.57 bits per heavy atom. The normalized spacial score (nSPS) is 11.7. The zero-order valence-electron chi connectivity index (χ0n) is 12.0. The van der Waals surface area contributed by atoms with Gasteiger partial charge in [-0.05, 0) is 42.8 Å². The molecule has 1 atom stereocenters. The van der Waals surface area contributed by atoms with E-state index < -0.39 is 0 Å². The van der Waals surface area contributed by atoms with Crippen molar-refractivity contribution in [3.8, 4) is 6.07 Å². The first-order valence-electron chi connectivity index (χ1n) is 6.88. The Hall–Kier alpha value is -2.38. The fourth-order valence-corrected chi connectivity index (χ4v) is 2.29. The van der Waals surface area contributed by atoms with Crippen LogP contribution in [0.3, 0.4) is 0 Å². The molecule has 4 heteroatoms. The molecule has 0 saturated carbocycles. The van der Waals surface area contributed by atoms with Crippen molar-refractivity contribution in [2.24, 2.45) is 5.73 Å². The first-order valence-corrected chi connectivity index (χ1v) is 6.88. The van der Waals surface area contributed by atoms with E-state index in [1.165, 1.54) is 12.1 Å². The Balaban J connectivity index is 2.49. The molecule has 0 fully saturated rings. The van der Waals surface area contributed by atoms with Gasteiger partial charge in [-0.3, -0.25) is 0 Å². The van der Waals surface area contributed by atoms with Crippen LogP contribution in [-0.2, 0) is 0 Å². The second-order valence-electron chi connectivity index (χ2n) is 4.89. The molecule has 108 valence electrons. The number of benzene rings is 2. The topological polar surface area (TPSA) is 53.0 Å². The molecule has 0 spiro atoms. The van der Waals surface area contributed by atoms with Crippen LogP contribution >= 0.6 is 0 Å². The molecule has 0 heterocycles. The van der Waals surface area contributed by atoms with Gasteiger partial charge in [-0.15, -0.1) is 0 Å². The van der Waals surface area contributed by atoms with Crippen LogP contribution in [-0.4, -0.2) is 6.54 Å².